The second-order valence-corrected chi connectivity index (χ2v) is 10.8. The summed E-state index contributed by atoms with van der Waals surface area (Å²) in [4.78, 5) is 21.0. The number of hydrogen-bond donors (Lipinski definition) is 0. The number of nitrogens with zero attached hydrogens (tertiary/aromatic N) is 8. The summed E-state index contributed by atoms with van der Waals surface area (Å²) in [6.45, 7) is 1.35. The largest absolute Gasteiger partial charge is 0.459 e. The number of sulfone groups is 1. The molecular formula is C23H16F6N8O3S. The third-order valence-electron chi connectivity index (χ3n) is 6.06. The number of aromatic nitrogens is 8. The molecule has 0 radical (unpaired) electrons. The average Bonchev–Trinajstić information content (AvgIpc) is 3.47. The van der Waals surface area contributed by atoms with E-state index in [-0.39, 0.29) is 39.3 Å². The maximum absolute atomic E-state index is 13.9. The number of rotatable bonds is 6. The summed E-state index contributed by atoms with van der Waals surface area (Å²) < 4.78 is 109. The molecule has 0 bridgehead atoms. The van der Waals surface area contributed by atoms with Crippen LogP contribution < -0.4 is 5.69 Å². The van der Waals surface area contributed by atoms with Crippen molar-refractivity contribution in [3.8, 4) is 23.0 Å². The van der Waals surface area contributed by atoms with Crippen LogP contribution in [0.1, 0.15) is 12.6 Å². The molecule has 214 valence electrons. The molecule has 1 aromatic carbocycles. The van der Waals surface area contributed by atoms with Crippen LogP contribution in [-0.2, 0) is 22.8 Å². The first-order valence-electron chi connectivity index (χ1n) is 11.5. The Labute approximate surface area is 225 Å². The Morgan fingerprint density at radius 2 is 1.63 bits per heavy atom. The summed E-state index contributed by atoms with van der Waals surface area (Å²) in [5.74, 6) is -6.70. The fourth-order valence-corrected chi connectivity index (χ4v) is 4.88. The van der Waals surface area contributed by atoms with Crippen LogP contribution >= 0.6 is 0 Å². The molecule has 0 amide bonds. The molecule has 4 aromatic heterocycles. The summed E-state index contributed by atoms with van der Waals surface area (Å²) >= 11 is 0. The first kappa shape index (κ1) is 27.9. The minimum atomic E-state index is -5.95. The van der Waals surface area contributed by atoms with Crippen molar-refractivity contribution in [3.05, 3.63) is 70.8 Å². The fourth-order valence-electron chi connectivity index (χ4n) is 3.86. The zero-order valence-electron chi connectivity index (χ0n) is 20.8. The van der Waals surface area contributed by atoms with Crippen molar-refractivity contribution in [2.45, 2.75) is 23.9 Å². The molecule has 0 spiro atoms. The van der Waals surface area contributed by atoms with Crippen LogP contribution in [0.25, 0.3) is 34.2 Å². The van der Waals surface area contributed by atoms with E-state index in [1.54, 1.807) is 0 Å². The molecule has 5 aromatic rings. The molecule has 18 heteroatoms. The van der Waals surface area contributed by atoms with E-state index in [1.165, 1.54) is 32.2 Å². The van der Waals surface area contributed by atoms with Gasteiger partial charge in [0.25, 0.3) is 0 Å². The monoisotopic (exact) mass is 598 g/mol. The van der Waals surface area contributed by atoms with Gasteiger partial charge in [-0.3, -0.25) is 0 Å². The van der Waals surface area contributed by atoms with E-state index < -0.39 is 44.7 Å². The van der Waals surface area contributed by atoms with Crippen LogP contribution in [0.2, 0.25) is 0 Å². The standard InChI is InChI=1S/C23H16F6N8O3S/c1-3-41(39,40)15-8-9-17(37-21(38)36(11-30-37)13-6-4-12(24)5-7-13)32-18(15)20-31-14-10-16(22(25,26)23(27,28)29)33-34-19(14)35(20)2/h4-11H,3H2,1-2H3. The summed E-state index contributed by atoms with van der Waals surface area (Å²) in [6, 6.07) is 7.64. The number of alkyl halides is 5. The van der Waals surface area contributed by atoms with Crippen molar-refractivity contribution in [1.29, 1.82) is 0 Å². The van der Waals surface area contributed by atoms with Crippen LogP contribution in [0.4, 0.5) is 26.3 Å². The zero-order valence-corrected chi connectivity index (χ0v) is 21.6. The second-order valence-electron chi connectivity index (χ2n) is 8.60. The van der Waals surface area contributed by atoms with Gasteiger partial charge in [-0.1, -0.05) is 6.92 Å². The van der Waals surface area contributed by atoms with Crippen LogP contribution in [-0.4, -0.2) is 59.4 Å². The molecule has 0 aliphatic carbocycles. The first-order valence-corrected chi connectivity index (χ1v) is 13.1. The quantitative estimate of drug-likeness (QED) is 0.272. The van der Waals surface area contributed by atoms with E-state index in [2.05, 4.69) is 25.3 Å². The lowest BCUT2D eigenvalue weighted by atomic mass is 10.2. The summed E-state index contributed by atoms with van der Waals surface area (Å²) in [5, 5.41) is 10.4. The highest BCUT2D eigenvalue weighted by atomic mass is 32.2. The number of hydrogen-bond acceptors (Lipinski definition) is 8. The molecular weight excluding hydrogens is 582 g/mol. The third-order valence-corrected chi connectivity index (χ3v) is 7.82. The molecule has 0 unspecified atom stereocenters. The second kappa shape index (κ2) is 9.50. The molecule has 0 atom stereocenters. The van der Waals surface area contributed by atoms with Crippen molar-refractivity contribution in [2.75, 3.05) is 5.75 Å². The minimum Gasteiger partial charge on any atom is -0.309 e. The van der Waals surface area contributed by atoms with Gasteiger partial charge >= 0.3 is 17.8 Å². The SMILES string of the molecule is CCS(=O)(=O)c1ccc(-n2ncn(-c3ccc(F)cc3)c2=O)nc1-c1nc2cc(C(F)(F)C(F)(F)F)nnc2n1C. The molecule has 41 heavy (non-hydrogen) atoms. The summed E-state index contributed by atoms with van der Waals surface area (Å²) in [5.41, 5.74) is -3.22. The predicted molar refractivity (Wildman–Crippen MR) is 130 cm³/mol. The normalized spacial score (nSPS) is 12.8. The average molecular weight is 598 g/mol. The third kappa shape index (κ3) is 4.62. The van der Waals surface area contributed by atoms with Gasteiger partial charge in [0, 0.05) is 7.05 Å². The topological polar surface area (TPSA) is 130 Å². The van der Waals surface area contributed by atoms with E-state index in [9.17, 15) is 39.6 Å². The van der Waals surface area contributed by atoms with Gasteiger partial charge in [-0.15, -0.1) is 10.2 Å². The maximum Gasteiger partial charge on any atom is 0.459 e. The van der Waals surface area contributed by atoms with Crippen LogP contribution in [0.3, 0.4) is 0 Å². The molecule has 5 rings (SSSR count). The highest BCUT2D eigenvalue weighted by molar-refractivity contribution is 7.91. The van der Waals surface area contributed by atoms with Crippen LogP contribution in [0.5, 0.6) is 0 Å². The van der Waals surface area contributed by atoms with E-state index in [0.717, 1.165) is 38.3 Å². The molecule has 11 nitrogen and oxygen atoms in total. The first-order chi connectivity index (χ1) is 19.2. The Bertz CT molecular complexity index is 1960. The highest BCUT2D eigenvalue weighted by Gasteiger charge is 2.60. The van der Waals surface area contributed by atoms with Crippen molar-refractivity contribution in [1.82, 2.24) is 39.1 Å². The van der Waals surface area contributed by atoms with Gasteiger partial charge in [-0.2, -0.15) is 31.7 Å². The molecule has 4 heterocycles. The number of benzene rings is 1. The summed E-state index contributed by atoms with van der Waals surface area (Å²) in [6.07, 6.45) is -4.82. The fraction of sp³-hybridized carbons (Fsp3) is 0.217. The van der Waals surface area contributed by atoms with E-state index in [1.807, 2.05) is 0 Å². The van der Waals surface area contributed by atoms with Crippen LogP contribution in [0, 0.1) is 5.82 Å². The van der Waals surface area contributed by atoms with Crippen molar-refractivity contribution >= 4 is 21.0 Å². The Balaban J connectivity index is 1.70. The van der Waals surface area contributed by atoms with Gasteiger partial charge in [0.15, 0.2) is 27.1 Å². The molecule has 0 aliphatic rings. The van der Waals surface area contributed by atoms with Gasteiger partial charge in [0.2, 0.25) is 0 Å². The van der Waals surface area contributed by atoms with Crippen LogP contribution in [0.15, 0.2) is 58.5 Å². The van der Waals surface area contributed by atoms with Gasteiger partial charge in [-0.25, -0.2) is 32.1 Å². The van der Waals surface area contributed by atoms with E-state index >= 15 is 0 Å². The molecule has 0 aliphatic heterocycles. The zero-order chi connectivity index (χ0) is 29.9. The van der Waals surface area contributed by atoms with Crippen molar-refractivity contribution in [3.63, 3.8) is 0 Å². The predicted octanol–water partition coefficient (Wildman–Crippen LogP) is 3.35. The summed E-state index contributed by atoms with van der Waals surface area (Å²) in [7, 11) is -2.70. The number of fused-ring (bicyclic) bond motifs is 1. The van der Waals surface area contributed by atoms with Crippen molar-refractivity contribution in [2.24, 2.45) is 7.05 Å². The number of imidazole rings is 1. The number of pyridine rings is 1. The molecule has 0 fully saturated rings. The smallest absolute Gasteiger partial charge is 0.309 e. The molecule has 0 saturated heterocycles. The Hall–Kier alpha value is -4.61. The Kier molecular flexibility index (Phi) is 6.47. The van der Waals surface area contributed by atoms with Gasteiger partial charge in [0.05, 0.1) is 16.3 Å². The van der Waals surface area contributed by atoms with Gasteiger partial charge in [-0.05, 0) is 42.5 Å². The van der Waals surface area contributed by atoms with E-state index in [4.69, 9.17) is 0 Å². The number of halogens is 6. The Morgan fingerprint density at radius 1 is 0.951 bits per heavy atom. The van der Waals surface area contributed by atoms with Gasteiger partial charge in [0.1, 0.15) is 29.0 Å². The molecule has 0 saturated carbocycles. The van der Waals surface area contributed by atoms with Crippen molar-refractivity contribution < 1.29 is 34.8 Å². The van der Waals surface area contributed by atoms with E-state index in [0.29, 0.717) is 6.07 Å². The maximum atomic E-state index is 13.9. The minimum absolute atomic E-state index is 0.177. The molecule has 0 N–H and O–H groups in total. The lowest BCUT2D eigenvalue weighted by Crippen LogP contribution is -2.34. The lowest BCUT2D eigenvalue weighted by Gasteiger charge is -2.17. The highest BCUT2D eigenvalue weighted by Crippen LogP contribution is 2.43. The Morgan fingerprint density at radius 3 is 2.27 bits per heavy atom. The van der Waals surface area contributed by atoms with Gasteiger partial charge < -0.3 is 4.57 Å². The lowest BCUT2D eigenvalue weighted by molar-refractivity contribution is -0.291. The number of aryl methyl sites for hydroxylation is 1.